The molecule has 3 unspecified atom stereocenters. The minimum Gasteiger partial charge on any atom is -0.336 e. The van der Waals surface area contributed by atoms with Crippen LogP contribution in [-0.4, -0.2) is 21.6 Å². The minimum atomic E-state index is 0.534. The number of aromatic nitrogens is 2. The SMILES string of the molecule is CCC1CCCC1NC(C)Cn1ccnc1. The van der Waals surface area contributed by atoms with Crippen LogP contribution in [0, 0.1) is 5.92 Å². The van der Waals surface area contributed by atoms with Crippen molar-refractivity contribution in [3.8, 4) is 0 Å². The molecule has 0 aliphatic heterocycles. The number of nitrogens with zero attached hydrogens (tertiary/aromatic N) is 2. The van der Waals surface area contributed by atoms with E-state index < -0.39 is 0 Å². The summed E-state index contributed by atoms with van der Waals surface area (Å²) < 4.78 is 2.15. The topological polar surface area (TPSA) is 29.9 Å². The second kappa shape index (κ2) is 5.48. The van der Waals surface area contributed by atoms with Gasteiger partial charge in [-0.2, -0.15) is 0 Å². The van der Waals surface area contributed by atoms with Gasteiger partial charge < -0.3 is 9.88 Å². The van der Waals surface area contributed by atoms with Crippen molar-refractivity contribution >= 4 is 0 Å². The third kappa shape index (κ3) is 2.85. The Kier molecular flexibility index (Phi) is 3.99. The van der Waals surface area contributed by atoms with Crippen LogP contribution in [-0.2, 0) is 6.54 Å². The summed E-state index contributed by atoms with van der Waals surface area (Å²) in [6.07, 6.45) is 11.2. The standard InChI is InChI=1S/C13H23N3/c1-3-12-5-4-6-13(12)15-11(2)9-16-8-7-14-10-16/h7-8,10-13,15H,3-6,9H2,1-2H3. The van der Waals surface area contributed by atoms with Crippen LogP contribution in [0.15, 0.2) is 18.7 Å². The van der Waals surface area contributed by atoms with E-state index >= 15 is 0 Å². The molecule has 1 fully saturated rings. The van der Waals surface area contributed by atoms with Gasteiger partial charge in [-0.25, -0.2) is 4.98 Å². The van der Waals surface area contributed by atoms with E-state index in [0.717, 1.165) is 18.5 Å². The largest absolute Gasteiger partial charge is 0.336 e. The van der Waals surface area contributed by atoms with Gasteiger partial charge in [0.2, 0.25) is 0 Å². The predicted octanol–water partition coefficient (Wildman–Crippen LogP) is 2.44. The van der Waals surface area contributed by atoms with E-state index in [0.29, 0.717) is 6.04 Å². The van der Waals surface area contributed by atoms with Crippen LogP contribution < -0.4 is 5.32 Å². The lowest BCUT2D eigenvalue weighted by Crippen LogP contribution is -2.40. The summed E-state index contributed by atoms with van der Waals surface area (Å²) in [5.74, 6) is 0.894. The number of imidazole rings is 1. The highest BCUT2D eigenvalue weighted by Crippen LogP contribution is 2.28. The van der Waals surface area contributed by atoms with Crippen LogP contribution in [0.3, 0.4) is 0 Å². The van der Waals surface area contributed by atoms with Gasteiger partial charge in [-0.1, -0.05) is 19.8 Å². The van der Waals surface area contributed by atoms with Crippen molar-refractivity contribution in [3.05, 3.63) is 18.7 Å². The Hall–Kier alpha value is -0.830. The Balaban J connectivity index is 1.80. The number of hydrogen-bond acceptors (Lipinski definition) is 2. The first-order valence-corrected chi connectivity index (χ1v) is 6.51. The molecule has 2 rings (SSSR count). The molecule has 1 aromatic heterocycles. The monoisotopic (exact) mass is 221 g/mol. The zero-order valence-electron chi connectivity index (χ0n) is 10.4. The average molecular weight is 221 g/mol. The third-order valence-electron chi connectivity index (χ3n) is 3.73. The zero-order valence-corrected chi connectivity index (χ0v) is 10.4. The van der Waals surface area contributed by atoms with Gasteiger partial charge in [0.15, 0.2) is 0 Å². The summed E-state index contributed by atoms with van der Waals surface area (Å²) in [5, 5.41) is 3.77. The molecule has 0 aromatic carbocycles. The van der Waals surface area contributed by atoms with Crippen molar-refractivity contribution in [2.45, 2.75) is 58.2 Å². The fourth-order valence-electron chi connectivity index (χ4n) is 2.87. The van der Waals surface area contributed by atoms with Gasteiger partial charge in [-0.05, 0) is 25.7 Å². The average Bonchev–Trinajstić information content (AvgIpc) is 2.88. The normalized spacial score (nSPS) is 27.1. The van der Waals surface area contributed by atoms with Crippen molar-refractivity contribution < 1.29 is 0 Å². The highest BCUT2D eigenvalue weighted by atomic mass is 15.1. The van der Waals surface area contributed by atoms with Gasteiger partial charge in [-0.15, -0.1) is 0 Å². The quantitative estimate of drug-likeness (QED) is 0.827. The molecule has 1 heterocycles. The third-order valence-corrected chi connectivity index (χ3v) is 3.73. The van der Waals surface area contributed by atoms with E-state index in [2.05, 4.69) is 28.7 Å². The Morgan fingerprint density at radius 1 is 1.50 bits per heavy atom. The second-order valence-electron chi connectivity index (χ2n) is 5.03. The van der Waals surface area contributed by atoms with Gasteiger partial charge in [-0.3, -0.25) is 0 Å². The first-order valence-electron chi connectivity index (χ1n) is 6.51. The molecule has 0 saturated heterocycles. The fraction of sp³-hybridized carbons (Fsp3) is 0.769. The fourth-order valence-corrected chi connectivity index (χ4v) is 2.87. The van der Waals surface area contributed by atoms with Crippen LogP contribution in [0.1, 0.15) is 39.5 Å². The van der Waals surface area contributed by atoms with Crippen molar-refractivity contribution in [2.75, 3.05) is 0 Å². The molecule has 1 aromatic rings. The first-order chi connectivity index (χ1) is 7.79. The van der Waals surface area contributed by atoms with Crippen LogP contribution in [0.5, 0.6) is 0 Å². The van der Waals surface area contributed by atoms with Crippen molar-refractivity contribution in [2.24, 2.45) is 5.92 Å². The molecule has 0 radical (unpaired) electrons. The first kappa shape index (κ1) is 11.6. The van der Waals surface area contributed by atoms with Gasteiger partial charge in [0, 0.05) is 31.0 Å². The summed E-state index contributed by atoms with van der Waals surface area (Å²) in [6.45, 7) is 5.60. The smallest absolute Gasteiger partial charge is 0.0946 e. The highest BCUT2D eigenvalue weighted by molar-refractivity contribution is 4.85. The van der Waals surface area contributed by atoms with Crippen molar-refractivity contribution in [1.29, 1.82) is 0 Å². The van der Waals surface area contributed by atoms with Gasteiger partial charge in [0.05, 0.1) is 6.33 Å². The van der Waals surface area contributed by atoms with Crippen LogP contribution in [0.25, 0.3) is 0 Å². The molecular weight excluding hydrogens is 198 g/mol. The van der Waals surface area contributed by atoms with E-state index in [1.165, 1.54) is 25.7 Å². The molecule has 1 saturated carbocycles. The maximum Gasteiger partial charge on any atom is 0.0946 e. The van der Waals surface area contributed by atoms with E-state index in [-0.39, 0.29) is 0 Å². The molecule has 3 heteroatoms. The number of nitrogens with one attached hydrogen (secondary N) is 1. The van der Waals surface area contributed by atoms with Gasteiger partial charge in [0.1, 0.15) is 0 Å². The summed E-state index contributed by atoms with van der Waals surface area (Å²) in [4.78, 5) is 4.07. The van der Waals surface area contributed by atoms with Gasteiger partial charge >= 0.3 is 0 Å². The molecule has 0 spiro atoms. The van der Waals surface area contributed by atoms with Crippen molar-refractivity contribution in [1.82, 2.24) is 14.9 Å². The number of hydrogen-bond donors (Lipinski definition) is 1. The Morgan fingerprint density at radius 2 is 2.38 bits per heavy atom. The molecule has 90 valence electrons. The molecule has 1 N–H and O–H groups in total. The summed E-state index contributed by atoms with van der Waals surface area (Å²) in [6, 6.07) is 1.27. The van der Waals surface area contributed by atoms with Crippen LogP contribution >= 0.6 is 0 Å². The predicted molar refractivity (Wildman–Crippen MR) is 66.2 cm³/mol. The van der Waals surface area contributed by atoms with Crippen molar-refractivity contribution in [3.63, 3.8) is 0 Å². The Morgan fingerprint density at radius 3 is 3.06 bits per heavy atom. The molecule has 0 amide bonds. The Bertz CT molecular complexity index is 294. The maximum absolute atomic E-state index is 4.07. The molecule has 16 heavy (non-hydrogen) atoms. The molecule has 1 aliphatic rings. The number of rotatable bonds is 5. The van der Waals surface area contributed by atoms with E-state index in [4.69, 9.17) is 0 Å². The van der Waals surface area contributed by atoms with E-state index in [1.807, 2.05) is 18.7 Å². The summed E-state index contributed by atoms with van der Waals surface area (Å²) in [7, 11) is 0. The minimum absolute atomic E-state index is 0.534. The van der Waals surface area contributed by atoms with E-state index in [1.54, 1.807) is 0 Å². The summed E-state index contributed by atoms with van der Waals surface area (Å²) in [5.41, 5.74) is 0. The highest BCUT2D eigenvalue weighted by Gasteiger charge is 2.26. The lowest BCUT2D eigenvalue weighted by molar-refractivity contribution is 0.339. The zero-order chi connectivity index (χ0) is 11.4. The summed E-state index contributed by atoms with van der Waals surface area (Å²) >= 11 is 0. The molecular formula is C13H23N3. The molecule has 1 aliphatic carbocycles. The lowest BCUT2D eigenvalue weighted by atomic mass is 10.00. The second-order valence-corrected chi connectivity index (χ2v) is 5.03. The van der Waals surface area contributed by atoms with Crippen LogP contribution in [0.2, 0.25) is 0 Å². The molecule has 3 nitrogen and oxygen atoms in total. The van der Waals surface area contributed by atoms with Gasteiger partial charge in [0.25, 0.3) is 0 Å². The molecule has 0 bridgehead atoms. The van der Waals surface area contributed by atoms with E-state index in [9.17, 15) is 0 Å². The lowest BCUT2D eigenvalue weighted by Gasteiger charge is -2.24. The van der Waals surface area contributed by atoms with Crippen LogP contribution in [0.4, 0.5) is 0 Å². The molecule has 3 atom stereocenters. The Labute approximate surface area is 98.3 Å². The maximum atomic E-state index is 4.07.